The van der Waals surface area contributed by atoms with Gasteiger partial charge in [-0.2, -0.15) is 0 Å². The van der Waals surface area contributed by atoms with Crippen molar-refractivity contribution in [3.8, 4) is 11.4 Å². The van der Waals surface area contributed by atoms with E-state index in [1.165, 1.54) is 18.6 Å². The highest BCUT2D eigenvalue weighted by molar-refractivity contribution is 5.97. The van der Waals surface area contributed by atoms with E-state index in [0.717, 1.165) is 37.8 Å². The Morgan fingerprint density at radius 2 is 2.23 bits per heavy atom. The Kier molecular flexibility index (Phi) is 7.07. The summed E-state index contributed by atoms with van der Waals surface area (Å²) in [6, 6.07) is 1.87. The van der Waals surface area contributed by atoms with Gasteiger partial charge >= 0.3 is 0 Å². The van der Waals surface area contributed by atoms with Crippen LogP contribution in [0.1, 0.15) is 18.7 Å². The minimum Gasteiger partial charge on any atom is -0.403 e. The molecule has 0 radical (unpaired) electrons. The molecule has 30 heavy (non-hydrogen) atoms. The molecule has 1 aliphatic rings. The van der Waals surface area contributed by atoms with Crippen molar-refractivity contribution < 1.29 is 8.78 Å². The van der Waals surface area contributed by atoms with Gasteiger partial charge in [0.15, 0.2) is 0 Å². The van der Waals surface area contributed by atoms with Gasteiger partial charge in [-0.3, -0.25) is 5.41 Å². The lowest BCUT2D eigenvalue weighted by Crippen LogP contribution is -2.42. The van der Waals surface area contributed by atoms with Gasteiger partial charge in [-0.05, 0) is 30.9 Å². The van der Waals surface area contributed by atoms with E-state index in [2.05, 4.69) is 24.8 Å². The molecule has 0 saturated carbocycles. The molecule has 1 atom stereocenters. The fraction of sp³-hybridized carbons (Fsp3) is 0.368. The van der Waals surface area contributed by atoms with E-state index >= 15 is 0 Å². The second-order valence-corrected chi connectivity index (χ2v) is 7.03. The molecule has 1 fully saturated rings. The first-order chi connectivity index (χ1) is 14.5. The van der Waals surface area contributed by atoms with Crippen molar-refractivity contribution in [1.82, 2.24) is 24.9 Å². The molecule has 160 valence electrons. The predicted octanol–water partition coefficient (Wildman–Crippen LogP) is 1.99. The molecule has 11 heteroatoms. The van der Waals surface area contributed by atoms with Crippen molar-refractivity contribution in [2.75, 3.05) is 24.5 Å². The molecule has 0 amide bonds. The normalized spacial score (nSPS) is 17.3. The molecule has 0 spiro atoms. The van der Waals surface area contributed by atoms with Crippen molar-refractivity contribution in [3.63, 3.8) is 0 Å². The number of nitrogens with two attached hydrogens (primary N) is 2. The van der Waals surface area contributed by atoms with Crippen molar-refractivity contribution in [2.45, 2.75) is 19.3 Å². The van der Waals surface area contributed by atoms with Crippen molar-refractivity contribution in [2.24, 2.45) is 17.5 Å². The van der Waals surface area contributed by atoms with Crippen LogP contribution in [0.15, 0.2) is 37.1 Å². The maximum absolute atomic E-state index is 12.4. The number of hydrogen-bond acceptors (Lipinski definition) is 8. The van der Waals surface area contributed by atoms with E-state index in [1.807, 2.05) is 6.07 Å². The number of allylic oxidation sites excluding steroid dienone is 1. The van der Waals surface area contributed by atoms with E-state index in [-0.39, 0.29) is 0 Å². The molecule has 2 aromatic heterocycles. The van der Waals surface area contributed by atoms with Crippen LogP contribution in [0, 0.1) is 11.3 Å². The first-order valence-corrected chi connectivity index (χ1v) is 9.53. The third-order valence-corrected chi connectivity index (χ3v) is 4.77. The van der Waals surface area contributed by atoms with Gasteiger partial charge in [0.1, 0.15) is 18.0 Å². The van der Waals surface area contributed by atoms with Crippen LogP contribution in [0.2, 0.25) is 0 Å². The summed E-state index contributed by atoms with van der Waals surface area (Å²) in [4.78, 5) is 18.0. The van der Waals surface area contributed by atoms with Crippen LogP contribution in [0.3, 0.4) is 0 Å². The van der Waals surface area contributed by atoms with Gasteiger partial charge in [0, 0.05) is 38.1 Å². The lowest BCUT2D eigenvalue weighted by atomic mass is 9.98. The fourth-order valence-corrected chi connectivity index (χ4v) is 3.35. The lowest BCUT2D eigenvalue weighted by Gasteiger charge is -2.35. The van der Waals surface area contributed by atoms with Crippen molar-refractivity contribution in [1.29, 1.82) is 5.41 Å². The third-order valence-electron chi connectivity index (χ3n) is 4.77. The SMILES string of the molecule is N=C(/C=C\c1ncc(-c2cc(N3CCCC(CN(N)/C=C\N)C3)ncn2)[nH]1)C(F)F. The molecule has 1 unspecified atom stereocenters. The second kappa shape index (κ2) is 9.92. The number of aromatic amines is 1. The number of hydrazine groups is 1. The first-order valence-electron chi connectivity index (χ1n) is 9.53. The van der Waals surface area contributed by atoms with Crippen LogP contribution in [0.5, 0.6) is 0 Å². The molecule has 2 aromatic rings. The van der Waals surface area contributed by atoms with Gasteiger partial charge in [0.25, 0.3) is 6.43 Å². The molecular weight excluding hydrogens is 392 g/mol. The number of nitrogens with zero attached hydrogens (tertiary/aromatic N) is 5. The number of imidazole rings is 1. The number of halogens is 2. The van der Waals surface area contributed by atoms with Gasteiger partial charge < -0.3 is 20.6 Å². The summed E-state index contributed by atoms with van der Waals surface area (Å²) < 4.78 is 24.8. The summed E-state index contributed by atoms with van der Waals surface area (Å²) in [6.07, 6.45) is 7.77. The van der Waals surface area contributed by atoms with Gasteiger partial charge in [-0.1, -0.05) is 0 Å². The standard InChI is InChI=1S/C19H25F2N9/c20-19(21)14(23)3-4-17-25-9-16(28-17)15-8-18(27-12-26-15)29-6-1-2-13(10-29)11-30(24)7-5-22/h3-5,7-9,12-13,19,23H,1-2,6,10-11,22,24H2,(H,25,28)/b4-3-,7-5-,23-14?. The fourth-order valence-electron chi connectivity index (χ4n) is 3.35. The molecule has 3 heterocycles. The number of alkyl halides is 2. The Bertz CT molecular complexity index is 909. The lowest BCUT2D eigenvalue weighted by molar-refractivity contribution is 0.226. The molecular formula is C19H25F2N9. The van der Waals surface area contributed by atoms with Gasteiger partial charge in [0.2, 0.25) is 0 Å². The Morgan fingerprint density at radius 3 is 3.00 bits per heavy atom. The summed E-state index contributed by atoms with van der Waals surface area (Å²) in [5.74, 6) is 7.46. The molecule has 0 aromatic carbocycles. The zero-order valence-electron chi connectivity index (χ0n) is 16.4. The van der Waals surface area contributed by atoms with Crippen LogP contribution in [-0.4, -0.2) is 56.7 Å². The monoisotopic (exact) mass is 417 g/mol. The van der Waals surface area contributed by atoms with Gasteiger partial charge in [-0.25, -0.2) is 29.6 Å². The number of H-pyrrole nitrogens is 1. The number of anilines is 1. The minimum atomic E-state index is -2.81. The molecule has 6 N–H and O–H groups in total. The highest BCUT2D eigenvalue weighted by Crippen LogP contribution is 2.24. The number of aromatic nitrogens is 4. The Morgan fingerprint density at radius 1 is 1.40 bits per heavy atom. The highest BCUT2D eigenvalue weighted by Gasteiger charge is 2.22. The van der Waals surface area contributed by atoms with Gasteiger partial charge in [0.05, 0.1) is 23.3 Å². The zero-order chi connectivity index (χ0) is 21.5. The smallest absolute Gasteiger partial charge is 0.279 e. The second-order valence-electron chi connectivity index (χ2n) is 7.03. The molecule has 1 saturated heterocycles. The number of piperidine rings is 1. The largest absolute Gasteiger partial charge is 0.403 e. The summed E-state index contributed by atoms with van der Waals surface area (Å²) >= 11 is 0. The molecule has 0 aliphatic carbocycles. The Hall–Kier alpha value is -3.34. The topological polar surface area (TPSA) is 137 Å². The highest BCUT2D eigenvalue weighted by atomic mass is 19.3. The van der Waals surface area contributed by atoms with Crippen molar-refractivity contribution >= 4 is 17.6 Å². The van der Waals surface area contributed by atoms with Crippen LogP contribution in [0.4, 0.5) is 14.6 Å². The maximum Gasteiger partial charge on any atom is 0.279 e. The minimum absolute atomic E-state index is 0.365. The third kappa shape index (κ3) is 5.60. The van der Waals surface area contributed by atoms with Crippen LogP contribution >= 0.6 is 0 Å². The van der Waals surface area contributed by atoms with E-state index in [4.69, 9.17) is 17.0 Å². The van der Waals surface area contributed by atoms with E-state index in [9.17, 15) is 8.78 Å². The average molecular weight is 417 g/mol. The molecule has 0 bridgehead atoms. The Balaban J connectivity index is 1.70. The summed E-state index contributed by atoms with van der Waals surface area (Å²) in [6.45, 7) is 2.40. The first kappa shape index (κ1) is 21.4. The number of rotatable bonds is 8. The van der Waals surface area contributed by atoms with Gasteiger partial charge in [-0.15, -0.1) is 0 Å². The van der Waals surface area contributed by atoms with Crippen LogP contribution in [-0.2, 0) is 0 Å². The van der Waals surface area contributed by atoms with E-state index < -0.39 is 12.1 Å². The molecule has 1 aliphatic heterocycles. The number of hydrogen-bond donors (Lipinski definition) is 4. The number of nitrogens with one attached hydrogen (secondary N) is 2. The maximum atomic E-state index is 12.4. The van der Waals surface area contributed by atoms with E-state index in [1.54, 1.807) is 17.4 Å². The summed E-state index contributed by atoms with van der Waals surface area (Å²) in [5, 5.41) is 8.75. The summed E-state index contributed by atoms with van der Waals surface area (Å²) in [7, 11) is 0. The zero-order valence-corrected chi connectivity index (χ0v) is 16.4. The Labute approximate surface area is 173 Å². The van der Waals surface area contributed by atoms with Crippen LogP contribution in [0.25, 0.3) is 17.5 Å². The predicted molar refractivity (Wildman–Crippen MR) is 112 cm³/mol. The molecule has 9 nitrogen and oxygen atoms in total. The quantitative estimate of drug-likeness (QED) is 0.293. The summed E-state index contributed by atoms with van der Waals surface area (Å²) in [5.41, 5.74) is 5.90. The average Bonchev–Trinajstić information content (AvgIpc) is 3.21. The van der Waals surface area contributed by atoms with Crippen LogP contribution < -0.4 is 16.5 Å². The van der Waals surface area contributed by atoms with E-state index in [0.29, 0.717) is 29.7 Å². The molecule has 3 rings (SSSR count). The van der Waals surface area contributed by atoms with Crippen molar-refractivity contribution in [3.05, 3.63) is 42.9 Å².